The molecule has 0 spiro atoms. The van der Waals surface area contributed by atoms with Crippen molar-refractivity contribution in [3.63, 3.8) is 0 Å². The van der Waals surface area contributed by atoms with E-state index < -0.39 is 10.0 Å². The maximum absolute atomic E-state index is 12.5. The Morgan fingerprint density at radius 1 is 1.33 bits per heavy atom. The second kappa shape index (κ2) is 5.37. The maximum Gasteiger partial charge on any atom is 0.244 e. The SMILES string of the molecule is C[C@H]1CCCN(S(=O)(=O)c2cc(Cl)ccc2Cl)C1. The van der Waals surface area contributed by atoms with Gasteiger partial charge in [-0.3, -0.25) is 0 Å². The molecule has 0 bridgehead atoms. The number of hydrogen-bond donors (Lipinski definition) is 0. The Kier molecular flexibility index (Phi) is 4.22. The quantitative estimate of drug-likeness (QED) is 0.839. The molecule has 0 amide bonds. The average Bonchev–Trinajstić information content (AvgIpc) is 2.32. The third kappa shape index (κ3) is 2.82. The molecule has 0 N–H and O–H groups in total. The lowest BCUT2D eigenvalue weighted by atomic mass is 10.0. The molecular formula is C12H15Cl2NO2S. The van der Waals surface area contributed by atoms with Crippen LogP contribution in [0.5, 0.6) is 0 Å². The van der Waals surface area contributed by atoms with Crippen LogP contribution in [0.4, 0.5) is 0 Å². The van der Waals surface area contributed by atoms with Crippen molar-refractivity contribution >= 4 is 33.2 Å². The van der Waals surface area contributed by atoms with E-state index in [1.54, 1.807) is 6.07 Å². The standard InChI is InChI=1S/C12H15Cl2NO2S/c1-9-3-2-6-15(8-9)18(16,17)12-7-10(13)4-5-11(12)14/h4-5,7,9H,2-3,6,8H2,1H3/t9-/m0/s1. The van der Waals surface area contributed by atoms with Crippen LogP contribution in [-0.4, -0.2) is 25.8 Å². The normalized spacial score (nSPS) is 22.1. The van der Waals surface area contributed by atoms with E-state index in [4.69, 9.17) is 23.2 Å². The van der Waals surface area contributed by atoms with Crippen LogP contribution >= 0.6 is 23.2 Å². The molecule has 1 aliphatic heterocycles. The molecule has 1 aromatic carbocycles. The van der Waals surface area contributed by atoms with Gasteiger partial charge in [0.25, 0.3) is 0 Å². The summed E-state index contributed by atoms with van der Waals surface area (Å²) in [4.78, 5) is 0.103. The highest BCUT2D eigenvalue weighted by molar-refractivity contribution is 7.89. The molecule has 0 aromatic heterocycles. The van der Waals surface area contributed by atoms with E-state index in [1.807, 2.05) is 0 Å². The first kappa shape index (κ1) is 14.1. The molecule has 2 rings (SSSR count). The van der Waals surface area contributed by atoms with Crippen LogP contribution in [0.15, 0.2) is 23.1 Å². The van der Waals surface area contributed by atoms with Crippen LogP contribution in [-0.2, 0) is 10.0 Å². The Labute approximate surface area is 118 Å². The van der Waals surface area contributed by atoms with E-state index in [0.29, 0.717) is 24.0 Å². The Balaban J connectivity index is 2.38. The molecule has 3 nitrogen and oxygen atoms in total. The van der Waals surface area contributed by atoms with E-state index in [0.717, 1.165) is 12.8 Å². The number of hydrogen-bond acceptors (Lipinski definition) is 2. The Hall–Kier alpha value is -0.290. The van der Waals surface area contributed by atoms with Crippen molar-refractivity contribution in [3.8, 4) is 0 Å². The molecule has 1 atom stereocenters. The minimum atomic E-state index is -3.53. The molecule has 0 saturated carbocycles. The molecule has 0 aliphatic carbocycles. The van der Waals surface area contributed by atoms with Gasteiger partial charge in [-0.1, -0.05) is 30.1 Å². The molecule has 0 radical (unpaired) electrons. The summed E-state index contributed by atoms with van der Waals surface area (Å²) >= 11 is 11.8. The van der Waals surface area contributed by atoms with Crippen molar-refractivity contribution in [3.05, 3.63) is 28.2 Å². The topological polar surface area (TPSA) is 37.4 Å². The second-order valence-corrected chi connectivity index (χ2v) is 7.44. The van der Waals surface area contributed by atoms with E-state index in [1.165, 1.54) is 16.4 Å². The monoisotopic (exact) mass is 307 g/mol. The fraction of sp³-hybridized carbons (Fsp3) is 0.500. The van der Waals surface area contributed by atoms with Gasteiger partial charge in [-0.15, -0.1) is 0 Å². The maximum atomic E-state index is 12.5. The molecular weight excluding hydrogens is 293 g/mol. The van der Waals surface area contributed by atoms with Crippen LogP contribution in [0.3, 0.4) is 0 Å². The molecule has 6 heteroatoms. The predicted octanol–water partition coefficient (Wildman–Crippen LogP) is 3.41. The lowest BCUT2D eigenvalue weighted by Gasteiger charge is -2.30. The summed E-state index contributed by atoms with van der Waals surface area (Å²) in [5.41, 5.74) is 0. The van der Waals surface area contributed by atoms with E-state index >= 15 is 0 Å². The van der Waals surface area contributed by atoms with E-state index in [9.17, 15) is 8.42 Å². The zero-order valence-corrected chi connectivity index (χ0v) is 12.4. The molecule has 100 valence electrons. The number of benzene rings is 1. The number of piperidine rings is 1. The molecule has 0 unspecified atom stereocenters. The Morgan fingerprint density at radius 2 is 2.06 bits per heavy atom. The molecule has 1 aliphatic rings. The van der Waals surface area contributed by atoms with Gasteiger partial charge in [0, 0.05) is 18.1 Å². The highest BCUT2D eigenvalue weighted by atomic mass is 35.5. The van der Waals surface area contributed by atoms with Crippen molar-refractivity contribution in [2.45, 2.75) is 24.7 Å². The van der Waals surface area contributed by atoms with Gasteiger partial charge in [0.15, 0.2) is 0 Å². The smallest absolute Gasteiger partial charge is 0.207 e. The highest BCUT2D eigenvalue weighted by Gasteiger charge is 2.30. The van der Waals surface area contributed by atoms with Gasteiger partial charge in [-0.25, -0.2) is 8.42 Å². The lowest BCUT2D eigenvalue weighted by Crippen LogP contribution is -2.39. The van der Waals surface area contributed by atoms with Crippen LogP contribution in [0.25, 0.3) is 0 Å². The predicted molar refractivity (Wildman–Crippen MR) is 73.6 cm³/mol. The van der Waals surface area contributed by atoms with Gasteiger partial charge < -0.3 is 0 Å². The van der Waals surface area contributed by atoms with Crippen molar-refractivity contribution < 1.29 is 8.42 Å². The van der Waals surface area contributed by atoms with Gasteiger partial charge >= 0.3 is 0 Å². The van der Waals surface area contributed by atoms with Gasteiger partial charge in [0.2, 0.25) is 10.0 Å². The van der Waals surface area contributed by atoms with Crippen molar-refractivity contribution in [2.24, 2.45) is 5.92 Å². The summed E-state index contributed by atoms with van der Waals surface area (Å²) in [6.45, 7) is 3.15. The van der Waals surface area contributed by atoms with E-state index in [2.05, 4.69) is 6.92 Å². The van der Waals surface area contributed by atoms with Gasteiger partial charge in [-0.2, -0.15) is 4.31 Å². The molecule has 1 saturated heterocycles. The van der Waals surface area contributed by atoms with Crippen molar-refractivity contribution in [1.82, 2.24) is 4.31 Å². The fourth-order valence-corrected chi connectivity index (χ4v) is 4.51. The Bertz CT molecular complexity index is 545. The highest BCUT2D eigenvalue weighted by Crippen LogP contribution is 2.30. The molecule has 1 aromatic rings. The van der Waals surface area contributed by atoms with Crippen LogP contribution in [0.1, 0.15) is 19.8 Å². The third-order valence-corrected chi connectivity index (χ3v) is 5.71. The van der Waals surface area contributed by atoms with Crippen molar-refractivity contribution in [2.75, 3.05) is 13.1 Å². The third-order valence-electron chi connectivity index (χ3n) is 3.13. The number of halogens is 2. The largest absolute Gasteiger partial charge is 0.244 e. The Morgan fingerprint density at radius 3 is 2.72 bits per heavy atom. The molecule has 18 heavy (non-hydrogen) atoms. The van der Waals surface area contributed by atoms with Gasteiger partial charge in [0.05, 0.1) is 5.02 Å². The first-order chi connectivity index (χ1) is 8.41. The fourth-order valence-electron chi connectivity index (χ4n) is 2.18. The number of nitrogens with zero attached hydrogens (tertiary/aromatic N) is 1. The first-order valence-electron chi connectivity index (χ1n) is 5.86. The summed E-state index contributed by atoms with van der Waals surface area (Å²) in [5, 5.41) is 0.598. The van der Waals surface area contributed by atoms with E-state index in [-0.39, 0.29) is 9.92 Å². The van der Waals surface area contributed by atoms with Gasteiger partial charge in [0.1, 0.15) is 4.90 Å². The zero-order valence-electron chi connectivity index (χ0n) is 10.1. The number of sulfonamides is 1. The zero-order chi connectivity index (χ0) is 13.3. The van der Waals surface area contributed by atoms with Crippen LogP contribution in [0, 0.1) is 5.92 Å². The molecule has 1 fully saturated rings. The number of rotatable bonds is 2. The van der Waals surface area contributed by atoms with Crippen molar-refractivity contribution in [1.29, 1.82) is 0 Å². The summed E-state index contributed by atoms with van der Waals surface area (Å²) in [6, 6.07) is 4.52. The summed E-state index contributed by atoms with van der Waals surface area (Å²) in [5.74, 6) is 0.381. The summed E-state index contributed by atoms with van der Waals surface area (Å²) < 4.78 is 26.5. The summed E-state index contributed by atoms with van der Waals surface area (Å²) in [6.07, 6.45) is 1.95. The lowest BCUT2D eigenvalue weighted by molar-refractivity contribution is 0.281. The average molecular weight is 308 g/mol. The first-order valence-corrected chi connectivity index (χ1v) is 8.06. The second-order valence-electron chi connectivity index (χ2n) is 4.69. The minimum absolute atomic E-state index is 0.103. The van der Waals surface area contributed by atoms with Crippen LogP contribution < -0.4 is 0 Å². The summed E-state index contributed by atoms with van der Waals surface area (Å²) in [7, 11) is -3.53. The van der Waals surface area contributed by atoms with Crippen LogP contribution in [0.2, 0.25) is 10.0 Å². The minimum Gasteiger partial charge on any atom is -0.207 e. The molecule has 1 heterocycles. The van der Waals surface area contributed by atoms with Gasteiger partial charge in [-0.05, 0) is 37.0 Å².